The Labute approximate surface area is 225 Å². The smallest absolute Gasteiger partial charge is 0.410 e. The normalized spacial score (nSPS) is 16.6. The van der Waals surface area contributed by atoms with E-state index in [1.165, 1.54) is 15.9 Å². The van der Waals surface area contributed by atoms with Gasteiger partial charge in [0.05, 0.1) is 0 Å². The fourth-order valence-corrected chi connectivity index (χ4v) is 4.26. The van der Waals surface area contributed by atoms with Gasteiger partial charge in [-0.25, -0.2) is 9.59 Å². The molecule has 1 aliphatic rings. The minimum Gasteiger partial charge on any atom is -0.460 e. The van der Waals surface area contributed by atoms with Gasteiger partial charge in [0.2, 0.25) is 11.8 Å². The lowest BCUT2D eigenvalue weighted by molar-refractivity contribution is -0.147. The van der Waals surface area contributed by atoms with E-state index in [9.17, 15) is 19.2 Å². The van der Waals surface area contributed by atoms with Crippen molar-refractivity contribution in [3.63, 3.8) is 0 Å². The summed E-state index contributed by atoms with van der Waals surface area (Å²) < 4.78 is 10.7. The van der Waals surface area contributed by atoms with Crippen LogP contribution in [0.3, 0.4) is 0 Å². The Balaban J connectivity index is 2.10. The molecule has 3 atom stereocenters. The Bertz CT molecular complexity index is 988. The van der Waals surface area contributed by atoms with Crippen molar-refractivity contribution in [3.05, 3.63) is 61.2 Å². The molecule has 1 aromatic rings. The van der Waals surface area contributed by atoms with Crippen molar-refractivity contribution in [3.8, 4) is 0 Å². The van der Waals surface area contributed by atoms with Gasteiger partial charge < -0.3 is 24.6 Å². The molecule has 2 rings (SSSR count). The SMILES string of the molecule is C=CCOC(=O)[C@H](Cc1ccccc1)NC(=O)[C@@H]1CCCN1C(=O)C[C@@H](C)N(CC=C)C(=O)OC(C)(C)C. The number of hydrogen-bond donors (Lipinski definition) is 1. The summed E-state index contributed by atoms with van der Waals surface area (Å²) in [6.45, 7) is 15.0. The van der Waals surface area contributed by atoms with E-state index >= 15 is 0 Å². The van der Waals surface area contributed by atoms with E-state index in [2.05, 4.69) is 18.5 Å². The van der Waals surface area contributed by atoms with Crippen molar-refractivity contribution in [2.24, 2.45) is 0 Å². The highest BCUT2D eigenvalue weighted by Gasteiger charge is 2.37. The highest BCUT2D eigenvalue weighted by atomic mass is 16.6. The molecule has 38 heavy (non-hydrogen) atoms. The third kappa shape index (κ3) is 9.36. The summed E-state index contributed by atoms with van der Waals surface area (Å²) in [6.07, 6.45) is 3.92. The van der Waals surface area contributed by atoms with Crippen molar-refractivity contribution in [1.82, 2.24) is 15.1 Å². The number of carbonyl (C=O) groups excluding carboxylic acids is 4. The van der Waals surface area contributed by atoms with Gasteiger partial charge in [-0.2, -0.15) is 0 Å². The van der Waals surface area contributed by atoms with Crippen molar-refractivity contribution in [2.75, 3.05) is 19.7 Å². The molecule has 0 saturated carbocycles. The first-order chi connectivity index (χ1) is 18.0. The van der Waals surface area contributed by atoms with Crippen LogP contribution in [0.2, 0.25) is 0 Å². The molecule has 208 valence electrons. The van der Waals surface area contributed by atoms with Gasteiger partial charge in [-0.15, -0.1) is 6.58 Å². The molecule has 0 spiro atoms. The van der Waals surface area contributed by atoms with E-state index in [1.807, 2.05) is 30.3 Å². The summed E-state index contributed by atoms with van der Waals surface area (Å²) in [4.78, 5) is 54.9. The first-order valence-corrected chi connectivity index (χ1v) is 13.0. The van der Waals surface area contributed by atoms with E-state index < -0.39 is 41.7 Å². The zero-order valence-electron chi connectivity index (χ0n) is 23.0. The number of rotatable bonds is 12. The molecule has 1 aromatic carbocycles. The van der Waals surface area contributed by atoms with Crippen molar-refractivity contribution in [2.45, 2.75) is 77.1 Å². The molecule has 0 aliphatic carbocycles. The lowest BCUT2D eigenvalue weighted by Crippen LogP contribution is -2.52. The predicted molar refractivity (Wildman–Crippen MR) is 145 cm³/mol. The van der Waals surface area contributed by atoms with Crippen LogP contribution in [-0.4, -0.2) is 77.1 Å². The molecule has 1 N–H and O–H groups in total. The Hall–Kier alpha value is -3.62. The lowest BCUT2D eigenvalue weighted by Gasteiger charge is -2.32. The Morgan fingerprint density at radius 1 is 1.16 bits per heavy atom. The molecule has 1 heterocycles. The number of ether oxygens (including phenoxy) is 2. The number of nitrogens with zero attached hydrogens (tertiary/aromatic N) is 2. The molecule has 3 amide bonds. The van der Waals surface area contributed by atoms with Crippen LogP contribution >= 0.6 is 0 Å². The maximum absolute atomic E-state index is 13.3. The summed E-state index contributed by atoms with van der Waals surface area (Å²) in [5.74, 6) is -1.22. The van der Waals surface area contributed by atoms with Gasteiger partial charge in [0.25, 0.3) is 0 Å². The maximum atomic E-state index is 13.3. The highest BCUT2D eigenvalue weighted by Crippen LogP contribution is 2.21. The number of likely N-dealkylation sites (tertiary alicyclic amines) is 1. The molecule has 0 radical (unpaired) electrons. The van der Waals surface area contributed by atoms with E-state index in [1.54, 1.807) is 33.8 Å². The summed E-state index contributed by atoms with van der Waals surface area (Å²) in [7, 11) is 0. The van der Waals surface area contributed by atoms with Gasteiger partial charge in [-0.3, -0.25) is 9.59 Å². The van der Waals surface area contributed by atoms with Crippen LogP contribution in [0, 0.1) is 0 Å². The lowest BCUT2D eigenvalue weighted by atomic mass is 10.0. The minimum atomic E-state index is -0.906. The quantitative estimate of drug-likeness (QED) is 0.329. The monoisotopic (exact) mass is 527 g/mol. The number of esters is 1. The van der Waals surface area contributed by atoms with Crippen LogP contribution in [0.5, 0.6) is 0 Å². The van der Waals surface area contributed by atoms with Gasteiger partial charge in [0, 0.05) is 32.0 Å². The first-order valence-electron chi connectivity index (χ1n) is 13.0. The van der Waals surface area contributed by atoms with Crippen LogP contribution in [0.1, 0.15) is 52.5 Å². The molecule has 0 aromatic heterocycles. The van der Waals surface area contributed by atoms with E-state index in [4.69, 9.17) is 9.47 Å². The standard InChI is InChI=1S/C29H41N3O6/c1-7-16-31(28(36)38-29(4,5)6)21(3)19-25(33)32-17-12-15-24(32)26(34)30-23(27(35)37-18-8-2)20-22-13-10-9-11-14-22/h7-11,13-14,21,23-24H,1-2,12,15-20H2,3-6H3,(H,30,34)/t21-,23+,24+/m1/s1. The van der Waals surface area contributed by atoms with E-state index in [-0.39, 0.29) is 31.9 Å². The van der Waals surface area contributed by atoms with Gasteiger partial charge in [0.15, 0.2) is 0 Å². The number of nitrogens with one attached hydrogen (secondary N) is 1. The molecular formula is C29H41N3O6. The van der Waals surface area contributed by atoms with E-state index in [0.717, 1.165) is 5.56 Å². The Morgan fingerprint density at radius 2 is 1.84 bits per heavy atom. The summed E-state index contributed by atoms with van der Waals surface area (Å²) in [5.41, 5.74) is 0.188. The average Bonchev–Trinajstić information content (AvgIpc) is 3.35. The second kappa shape index (κ2) is 14.4. The van der Waals surface area contributed by atoms with Crippen molar-refractivity contribution >= 4 is 23.9 Å². The molecule has 1 saturated heterocycles. The van der Waals surface area contributed by atoms with Crippen molar-refractivity contribution in [1.29, 1.82) is 0 Å². The first kappa shape index (κ1) is 30.6. The highest BCUT2D eigenvalue weighted by molar-refractivity contribution is 5.91. The van der Waals surface area contributed by atoms with E-state index in [0.29, 0.717) is 19.4 Å². The summed E-state index contributed by atoms with van der Waals surface area (Å²) >= 11 is 0. The zero-order chi connectivity index (χ0) is 28.3. The number of carbonyl (C=O) groups is 4. The topological polar surface area (TPSA) is 105 Å². The number of hydrogen-bond acceptors (Lipinski definition) is 6. The second-order valence-electron chi connectivity index (χ2n) is 10.4. The van der Waals surface area contributed by atoms with Gasteiger partial charge >= 0.3 is 12.1 Å². The van der Waals surface area contributed by atoms with Crippen LogP contribution in [0.15, 0.2) is 55.6 Å². The fourth-order valence-electron chi connectivity index (χ4n) is 4.26. The Kier molecular flexibility index (Phi) is 11.6. The van der Waals surface area contributed by atoms with Crippen LogP contribution in [0.4, 0.5) is 4.79 Å². The molecule has 0 unspecified atom stereocenters. The van der Waals surface area contributed by atoms with Gasteiger partial charge in [-0.05, 0) is 46.1 Å². The van der Waals surface area contributed by atoms with Gasteiger partial charge in [-0.1, -0.05) is 49.1 Å². The van der Waals surface area contributed by atoms with Crippen LogP contribution in [0.25, 0.3) is 0 Å². The summed E-state index contributed by atoms with van der Waals surface area (Å²) in [6, 6.07) is 7.22. The fraction of sp³-hybridized carbons (Fsp3) is 0.517. The molecule has 0 bridgehead atoms. The minimum absolute atomic E-state index is 0.0195. The second-order valence-corrected chi connectivity index (χ2v) is 10.4. The number of benzene rings is 1. The number of amides is 3. The van der Waals surface area contributed by atoms with Crippen molar-refractivity contribution < 1.29 is 28.7 Å². The van der Waals surface area contributed by atoms with Crippen LogP contribution < -0.4 is 5.32 Å². The Morgan fingerprint density at radius 3 is 2.45 bits per heavy atom. The molecule has 1 aliphatic heterocycles. The summed E-state index contributed by atoms with van der Waals surface area (Å²) in [5, 5.41) is 2.80. The molecule has 9 heteroatoms. The zero-order valence-corrected chi connectivity index (χ0v) is 23.0. The average molecular weight is 528 g/mol. The van der Waals surface area contributed by atoms with Gasteiger partial charge in [0.1, 0.15) is 24.3 Å². The molecular weight excluding hydrogens is 486 g/mol. The third-order valence-corrected chi connectivity index (χ3v) is 6.06. The largest absolute Gasteiger partial charge is 0.460 e. The van der Waals surface area contributed by atoms with Crippen LogP contribution in [-0.2, 0) is 30.3 Å². The third-order valence-electron chi connectivity index (χ3n) is 6.06. The maximum Gasteiger partial charge on any atom is 0.410 e. The predicted octanol–water partition coefficient (Wildman–Crippen LogP) is 3.64. The molecule has 1 fully saturated rings. The molecule has 9 nitrogen and oxygen atoms in total.